The van der Waals surface area contributed by atoms with Crippen molar-refractivity contribution in [1.29, 1.82) is 0 Å². The molecule has 0 amide bonds. The van der Waals surface area contributed by atoms with Crippen LogP contribution in [0, 0.1) is 0 Å². The number of carbonyl (C=O) groups excluding carboxylic acids is 1. The van der Waals surface area contributed by atoms with Gasteiger partial charge in [-0.15, -0.1) is 0 Å². The largest absolute Gasteiger partial charge is 0.481 e. The minimum absolute atomic E-state index is 0.00882. The van der Waals surface area contributed by atoms with Crippen LogP contribution in [0.5, 0.6) is 0 Å². The van der Waals surface area contributed by atoms with Crippen molar-refractivity contribution in [2.75, 3.05) is 0 Å². The third kappa shape index (κ3) is 2.40. The van der Waals surface area contributed by atoms with Gasteiger partial charge in [-0.25, -0.2) is 0 Å². The van der Waals surface area contributed by atoms with Crippen molar-refractivity contribution < 1.29 is 14.7 Å². The molecule has 1 aliphatic rings. The molecule has 1 atom stereocenters. The van der Waals surface area contributed by atoms with E-state index in [1.807, 2.05) is 18.2 Å². The van der Waals surface area contributed by atoms with E-state index in [4.69, 9.17) is 5.11 Å². The van der Waals surface area contributed by atoms with E-state index in [2.05, 4.69) is 0 Å². The van der Waals surface area contributed by atoms with Crippen LogP contribution in [0.3, 0.4) is 0 Å². The van der Waals surface area contributed by atoms with Gasteiger partial charge >= 0.3 is 5.97 Å². The van der Waals surface area contributed by atoms with E-state index >= 15 is 0 Å². The summed E-state index contributed by atoms with van der Waals surface area (Å²) in [7, 11) is 0. The van der Waals surface area contributed by atoms with E-state index < -0.39 is 11.9 Å². The Labute approximate surface area is 105 Å². The SMILES string of the molecule is CC(C(=O)O)c1ccc(C(=O)C2=CC=CC2)cc1. The first-order valence-electron chi connectivity index (χ1n) is 5.83. The minimum Gasteiger partial charge on any atom is -0.481 e. The van der Waals surface area contributed by atoms with Gasteiger partial charge in [-0.2, -0.15) is 0 Å². The van der Waals surface area contributed by atoms with E-state index in [0.717, 1.165) is 5.57 Å². The van der Waals surface area contributed by atoms with Crippen molar-refractivity contribution in [1.82, 2.24) is 0 Å². The normalized spacial score (nSPS) is 15.3. The fraction of sp³-hybridized carbons (Fsp3) is 0.200. The fourth-order valence-electron chi connectivity index (χ4n) is 1.87. The average Bonchev–Trinajstić information content (AvgIpc) is 2.91. The number of allylic oxidation sites excluding steroid dienone is 4. The van der Waals surface area contributed by atoms with Crippen LogP contribution in [-0.4, -0.2) is 16.9 Å². The number of carbonyl (C=O) groups is 2. The van der Waals surface area contributed by atoms with Crippen molar-refractivity contribution in [2.24, 2.45) is 0 Å². The van der Waals surface area contributed by atoms with Gasteiger partial charge in [0.2, 0.25) is 0 Å². The van der Waals surface area contributed by atoms with Crippen LogP contribution in [0.4, 0.5) is 0 Å². The van der Waals surface area contributed by atoms with Gasteiger partial charge in [-0.3, -0.25) is 9.59 Å². The number of ketones is 1. The van der Waals surface area contributed by atoms with Gasteiger partial charge in [0.25, 0.3) is 0 Å². The predicted octanol–water partition coefficient (Wildman–Crippen LogP) is 2.94. The Balaban J connectivity index is 2.17. The Bertz CT molecular complexity index is 535. The summed E-state index contributed by atoms with van der Waals surface area (Å²) < 4.78 is 0. The predicted molar refractivity (Wildman–Crippen MR) is 68.7 cm³/mol. The van der Waals surface area contributed by atoms with Crippen LogP contribution in [0.1, 0.15) is 35.2 Å². The van der Waals surface area contributed by atoms with E-state index in [-0.39, 0.29) is 5.78 Å². The average molecular weight is 242 g/mol. The molecule has 18 heavy (non-hydrogen) atoms. The highest BCUT2D eigenvalue weighted by Gasteiger charge is 2.16. The number of Topliss-reactive ketones (excluding diaryl/α,β-unsaturated/α-hetero) is 1. The molecule has 0 aromatic heterocycles. The number of aliphatic carboxylic acids is 1. The molecule has 2 rings (SSSR count). The molecule has 0 spiro atoms. The number of rotatable bonds is 4. The lowest BCUT2D eigenvalue weighted by atomic mass is 9.97. The van der Waals surface area contributed by atoms with E-state index in [0.29, 0.717) is 17.5 Å². The Hall–Kier alpha value is -2.16. The molecule has 0 heterocycles. The molecular weight excluding hydrogens is 228 g/mol. The number of carboxylic acids is 1. The van der Waals surface area contributed by atoms with Crippen LogP contribution < -0.4 is 0 Å². The molecule has 0 aliphatic heterocycles. The van der Waals surface area contributed by atoms with Gasteiger partial charge < -0.3 is 5.11 Å². The standard InChI is InChI=1S/C15H14O3/c1-10(15(17)18)11-6-8-13(9-7-11)14(16)12-4-2-3-5-12/h2-4,6-10H,5H2,1H3,(H,17,18). The van der Waals surface area contributed by atoms with Crippen molar-refractivity contribution in [3.8, 4) is 0 Å². The maximum Gasteiger partial charge on any atom is 0.310 e. The zero-order valence-corrected chi connectivity index (χ0v) is 10.1. The van der Waals surface area contributed by atoms with Gasteiger partial charge in [0.05, 0.1) is 5.92 Å². The molecule has 1 aromatic carbocycles. The topological polar surface area (TPSA) is 54.4 Å². The highest BCUT2D eigenvalue weighted by Crippen LogP contribution is 2.20. The number of benzene rings is 1. The molecule has 1 aromatic rings. The lowest BCUT2D eigenvalue weighted by molar-refractivity contribution is -0.138. The minimum atomic E-state index is -0.864. The van der Waals surface area contributed by atoms with Gasteiger partial charge in [0.15, 0.2) is 5.78 Å². The summed E-state index contributed by atoms with van der Waals surface area (Å²) >= 11 is 0. The van der Waals surface area contributed by atoms with Crippen LogP contribution in [0.2, 0.25) is 0 Å². The summed E-state index contributed by atoms with van der Waals surface area (Å²) in [6.07, 6.45) is 6.30. The Morgan fingerprint density at radius 3 is 2.39 bits per heavy atom. The number of hydrogen-bond acceptors (Lipinski definition) is 2. The van der Waals surface area contributed by atoms with Gasteiger partial charge in [0, 0.05) is 11.1 Å². The monoisotopic (exact) mass is 242 g/mol. The Kier molecular flexibility index (Phi) is 3.42. The first-order chi connectivity index (χ1) is 8.59. The zero-order chi connectivity index (χ0) is 13.1. The van der Waals surface area contributed by atoms with E-state index in [1.165, 1.54) is 0 Å². The zero-order valence-electron chi connectivity index (χ0n) is 10.1. The Morgan fingerprint density at radius 1 is 1.22 bits per heavy atom. The van der Waals surface area contributed by atoms with Crippen LogP contribution in [-0.2, 0) is 4.79 Å². The van der Waals surface area contributed by atoms with Crippen molar-refractivity contribution in [2.45, 2.75) is 19.3 Å². The summed E-state index contributed by atoms with van der Waals surface area (Å²) in [6, 6.07) is 6.79. The smallest absolute Gasteiger partial charge is 0.310 e. The first-order valence-corrected chi connectivity index (χ1v) is 5.83. The van der Waals surface area contributed by atoms with Crippen LogP contribution in [0.25, 0.3) is 0 Å². The Morgan fingerprint density at radius 2 is 1.89 bits per heavy atom. The second kappa shape index (κ2) is 5.00. The molecule has 0 saturated heterocycles. The van der Waals surface area contributed by atoms with Crippen LogP contribution >= 0.6 is 0 Å². The van der Waals surface area contributed by atoms with Crippen molar-refractivity contribution in [3.05, 3.63) is 59.2 Å². The molecule has 0 fully saturated rings. The highest BCUT2D eigenvalue weighted by molar-refractivity contribution is 6.09. The van der Waals surface area contributed by atoms with Gasteiger partial charge in [-0.1, -0.05) is 42.5 Å². The van der Waals surface area contributed by atoms with E-state index in [9.17, 15) is 9.59 Å². The maximum atomic E-state index is 12.0. The van der Waals surface area contributed by atoms with Gasteiger partial charge in [0.1, 0.15) is 0 Å². The molecule has 92 valence electrons. The third-order valence-electron chi connectivity index (χ3n) is 3.11. The lowest BCUT2D eigenvalue weighted by Crippen LogP contribution is -2.08. The molecule has 0 bridgehead atoms. The fourth-order valence-corrected chi connectivity index (χ4v) is 1.87. The van der Waals surface area contributed by atoms with E-state index in [1.54, 1.807) is 31.2 Å². The quantitative estimate of drug-likeness (QED) is 0.826. The van der Waals surface area contributed by atoms with Gasteiger partial charge in [-0.05, 0) is 18.9 Å². The molecule has 3 nitrogen and oxygen atoms in total. The summed E-state index contributed by atoms with van der Waals surface area (Å²) in [5.74, 6) is -1.41. The lowest BCUT2D eigenvalue weighted by Gasteiger charge is -2.07. The summed E-state index contributed by atoms with van der Waals surface area (Å²) in [5, 5.41) is 8.90. The summed E-state index contributed by atoms with van der Waals surface area (Å²) in [4.78, 5) is 22.9. The number of carboxylic acid groups (broad SMARTS) is 1. The third-order valence-corrected chi connectivity index (χ3v) is 3.11. The molecule has 1 N–H and O–H groups in total. The first kappa shape index (κ1) is 12.3. The van der Waals surface area contributed by atoms with Crippen molar-refractivity contribution in [3.63, 3.8) is 0 Å². The molecule has 1 unspecified atom stereocenters. The molecule has 3 heteroatoms. The highest BCUT2D eigenvalue weighted by atomic mass is 16.4. The molecule has 1 aliphatic carbocycles. The summed E-state index contributed by atoms with van der Waals surface area (Å²) in [6.45, 7) is 1.63. The maximum absolute atomic E-state index is 12.0. The molecule has 0 saturated carbocycles. The number of hydrogen-bond donors (Lipinski definition) is 1. The van der Waals surface area contributed by atoms with Crippen molar-refractivity contribution >= 4 is 11.8 Å². The van der Waals surface area contributed by atoms with Crippen LogP contribution in [0.15, 0.2) is 48.1 Å². The molecular formula is C15H14O3. The second-order valence-corrected chi connectivity index (χ2v) is 4.34. The summed E-state index contributed by atoms with van der Waals surface area (Å²) in [5.41, 5.74) is 2.08. The second-order valence-electron chi connectivity index (χ2n) is 4.34. The molecule has 0 radical (unpaired) electrons.